The van der Waals surface area contributed by atoms with Crippen LogP contribution in [0.5, 0.6) is 5.75 Å². The number of carbonyl (C=O) groups is 1. The van der Waals surface area contributed by atoms with Crippen LogP contribution in [0.4, 0.5) is 8.78 Å². The van der Waals surface area contributed by atoms with E-state index in [1.54, 1.807) is 23.9 Å². The Morgan fingerprint density at radius 1 is 1.45 bits per heavy atom. The highest BCUT2D eigenvalue weighted by atomic mass is 32.2. The number of halogens is 2. The van der Waals surface area contributed by atoms with Crippen molar-refractivity contribution in [2.45, 2.75) is 19.1 Å². The Morgan fingerprint density at radius 2 is 2.20 bits per heavy atom. The van der Waals surface area contributed by atoms with Gasteiger partial charge in [0.1, 0.15) is 5.75 Å². The Labute approximate surface area is 120 Å². The lowest BCUT2D eigenvalue weighted by molar-refractivity contribution is -0.122. The van der Waals surface area contributed by atoms with Gasteiger partial charge in [-0.2, -0.15) is 8.78 Å². The largest absolute Gasteiger partial charge is 0.435 e. The molecule has 1 saturated heterocycles. The summed E-state index contributed by atoms with van der Waals surface area (Å²) in [7, 11) is 0. The van der Waals surface area contributed by atoms with Crippen LogP contribution >= 0.6 is 11.8 Å². The first-order valence-corrected chi connectivity index (χ1v) is 7.43. The molecule has 1 amide bonds. The van der Waals surface area contributed by atoms with E-state index >= 15 is 0 Å². The summed E-state index contributed by atoms with van der Waals surface area (Å²) in [4.78, 5) is 11.7. The van der Waals surface area contributed by atoms with E-state index in [-0.39, 0.29) is 17.7 Å². The molecule has 0 aromatic heterocycles. The third-order valence-electron chi connectivity index (χ3n) is 2.89. The molecule has 0 aliphatic carbocycles. The van der Waals surface area contributed by atoms with Gasteiger partial charge in [-0.1, -0.05) is 12.1 Å². The second-order valence-electron chi connectivity index (χ2n) is 4.34. The molecule has 0 spiro atoms. The maximum Gasteiger partial charge on any atom is 0.387 e. The predicted octanol–water partition coefficient (Wildman–Crippen LogP) is 1.61. The van der Waals surface area contributed by atoms with Crippen molar-refractivity contribution in [3.8, 4) is 5.75 Å². The second kappa shape index (κ2) is 7.44. The standard InChI is InChI=1S/C13H16F2N2O2S/c14-13(15)19-10-3-1-9(2-4-10)5-6-16-12(18)11-7-20-8-17-11/h1-4,11,13,17H,5-8H2,(H,16,18). The Kier molecular flexibility index (Phi) is 5.60. The van der Waals surface area contributed by atoms with Crippen LogP contribution in [-0.4, -0.2) is 36.7 Å². The Bertz CT molecular complexity index is 437. The number of rotatable bonds is 6. The third kappa shape index (κ3) is 4.64. The van der Waals surface area contributed by atoms with E-state index < -0.39 is 6.61 Å². The Hall–Kier alpha value is -1.34. The Morgan fingerprint density at radius 3 is 2.80 bits per heavy atom. The summed E-state index contributed by atoms with van der Waals surface area (Å²) in [6.07, 6.45) is 0.653. The number of nitrogens with one attached hydrogen (secondary N) is 2. The van der Waals surface area contributed by atoms with Crippen LogP contribution in [-0.2, 0) is 11.2 Å². The van der Waals surface area contributed by atoms with E-state index in [4.69, 9.17) is 0 Å². The van der Waals surface area contributed by atoms with Gasteiger partial charge in [-0.15, -0.1) is 11.8 Å². The van der Waals surface area contributed by atoms with Crippen molar-refractivity contribution in [3.05, 3.63) is 29.8 Å². The first kappa shape index (κ1) is 15.1. The first-order chi connectivity index (χ1) is 9.65. The van der Waals surface area contributed by atoms with Gasteiger partial charge in [-0.25, -0.2) is 0 Å². The zero-order valence-electron chi connectivity index (χ0n) is 10.8. The number of hydrogen-bond acceptors (Lipinski definition) is 4. The summed E-state index contributed by atoms with van der Waals surface area (Å²) in [6, 6.07) is 6.32. The molecule has 1 unspecified atom stereocenters. The average molecular weight is 302 g/mol. The van der Waals surface area contributed by atoms with E-state index in [1.807, 2.05) is 0 Å². The molecule has 1 aliphatic rings. The lowest BCUT2D eigenvalue weighted by atomic mass is 10.1. The third-order valence-corrected chi connectivity index (χ3v) is 3.83. The van der Waals surface area contributed by atoms with Gasteiger partial charge in [0.25, 0.3) is 0 Å². The van der Waals surface area contributed by atoms with Crippen molar-refractivity contribution in [2.75, 3.05) is 18.2 Å². The molecule has 0 bridgehead atoms. The topological polar surface area (TPSA) is 50.4 Å². The number of carbonyl (C=O) groups excluding carboxylic acids is 1. The minimum Gasteiger partial charge on any atom is -0.435 e. The molecule has 2 N–H and O–H groups in total. The van der Waals surface area contributed by atoms with Gasteiger partial charge in [-0.3, -0.25) is 10.1 Å². The van der Waals surface area contributed by atoms with E-state index in [2.05, 4.69) is 15.4 Å². The minimum absolute atomic E-state index is 0.00709. The molecule has 20 heavy (non-hydrogen) atoms. The zero-order chi connectivity index (χ0) is 14.4. The number of thioether (sulfide) groups is 1. The smallest absolute Gasteiger partial charge is 0.387 e. The van der Waals surface area contributed by atoms with Crippen LogP contribution in [0.2, 0.25) is 0 Å². The van der Waals surface area contributed by atoms with E-state index in [0.717, 1.165) is 17.2 Å². The van der Waals surface area contributed by atoms with Crippen molar-refractivity contribution in [3.63, 3.8) is 0 Å². The van der Waals surface area contributed by atoms with E-state index in [0.29, 0.717) is 13.0 Å². The highest BCUT2D eigenvalue weighted by Gasteiger charge is 2.21. The van der Waals surface area contributed by atoms with Crippen molar-refractivity contribution in [1.82, 2.24) is 10.6 Å². The quantitative estimate of drug-likeness (QED) is 0.838. The molecule has 1 aliphatic heterocycles. The average Bonchev–Trinajstić information content (AvgIpc) is 2.94. The fourth-order valence-electron chi connectivity index (χ4n) is 1.85. The summed E-state index contributed by atoms with van der Waals surface area (Å²) in [5, 5.41) is 5.95. The highest BCUT2D eigenvalue weighted by Crippen LogP contribution is 2.15. The van der Waals surface area contributed by atoms with Gasteiger partial charge in [0, 0.05) is 18.2 Å². The molecule has 0 radical (unpaired) electrons. The lowest BCUT2D eigenvalue weighted by Crippen LogP contribution is -2.42. The van der Waals surface area contributed by atoms with Crippen LogP contribution in [0, 0.1) is 0 Å². The number of amides is 1. The van der Waals surface area contributed by atoms with Gasteiger partial charge in [0.15, 0.2) is 0 Å². The lowest BCUT2D eigenvalue weighted by Gasteiger charge is -2.10. The SMILES string of the molecule is O=C(NCCc1ccc(OC(F)F)cc1)C1CSCN1. The predicted molar refractivity (Wildman–Crippen MR) is 74.0 cm³/mol. The minimum atomic E-state index is -2.81. The van der Waals surface area contributed by atoms with Crippen LogP contribution in [0.1, 0.15) is 5.56 Å². The van der Waals surface area contributed by atoms with Crippen LogP contribution < -0.4 is 15.4 Å². The van der Waals surface area contributed by atoms with Crippen molar-refractivity contribution in [1.29, 1.82) is 0 Å². The van der Waals surface area contributed by atoms with Crippen LogP contribution in [0.15, 0.2) is 24.3 Å². The van der Waals surface area contributed by atoms with Gasteiger partial charge in [-0.05, 0) is 24.1 Å². The number of hydrogen-bond donors (Lipinski definition) is 2. The molecule has 7 heteroatoms. The van der Waals surface area contributed by atoms with Crippen molar-refractivity contribution < 1.29 is 18.3 Å². The van der Waals surface area contributed by atoms with Gasteiger partial charge < -0.3 is 10.1 Å². The monoisotopic (exact) mass is 302 g/mol. The van der Waals surface area contributed by atoms with E-state index in [9.17, 15) is 13.6 Å². The van der Waals surface area contributed by atoms with E-state index in [1.165, 1.54) is 12.1 Å². The summed E-state index contributed by atoms with van der Waals surface area (Å²) in [5.41, 5.74) is 0.959. The number of alkyl halides is 2. The van der Waals surface area contributed by atoms with Gasteiger partial charge >= 0.3 is 6.61 Å². The fraction of sp³-hybridized carbons (Fsp3) is 0.462. The molecule has 1 aromatic carbocycles. The molecule has 2 rings (SSSR count). The first-order valence-electron chi connectivity index (χ1n) is 6.28. The maximum absolute atomic E-state index is 12.0. The molecular formula is C13H16F2N2O2S. The molecule has 1 heterocycles. The van der Waals surface area contributed by atoms with Gasteiger partial charge in [0.05, 0.1) is 6.04 Å². The van der Waals surface area contributed by atoms with Gasteiger partial charge in [0.2, 0.25) is 5.91 Å². The molecule has 1 fully saturated rings. The fourth-order valence-corrected chi connectivity index (χ4v) is 2.80. The summed E-state index contributed by atoms with van der Waals surface area (Å²) < 4.78 is 28.2. The molecular weight excluding hydrogens is 286 g/mol. The summed E-state index contributed by atoms with van der Waals surface area (Å²) in [5.74, 6) is 1.75. The van der Waals surface area contributed by atoms with Crippen molar-refractivity contribution in [2.24, 2.45) is 0 Å². The maximum atomic E-state index is 12.0. The normalized spacial score (nSPS) is 18.2. The Balaban J connectivity index is 1.72. The second-order valence-corrected chi connectivity index (χ2v) is 5.37. The summed E-state index contributed by atoms with van der Waals surface area (Å²) >= 11 is 1.70. The number of ether oxygens (including phenoxy) is 1. The van der Waals surface area contributed by atoms with Crippen LogP contribution in [0.25, 0.3) is 0 Å². The van der Waals surface area contributed by atoms with Crippen molar-refractivity contribution >= 4 is 17.7 Å². The molecule has 1 atom stereocenters. The molecule has 0 saturated carbocycles. The molecule has 110 valence electrons. The number of benzene rings is 1. The summed E-state index contributed by atoms with van der Waals surface area (Å²) in [6.45, 7) is -2.28. The zero-order valence-corrected chi connectivity index (χ0v) is 11.6. The molecule has 4 nitrogen and oxygen atoms in total. The molecule has 1 aromatic rings. The highest BCUT2D eigenvalue weighted by molar-refractivity contribution is 7.99. The van der Waals surface area contributed by atoms with Crippen LogP contribution in [0.3, 0.4) is 0 Å².